The minimum atomic E-state index is -0.464. The van der Waals surface area contributed by atoms with Crippen molar-refractivity contribution in [3.63, 3.8) is 0 Å². The van der Waals surface area contributed by atoms with Gasteiger partial charge in [0.15, 0.2) is 0 Å². The number of esters is 1. The molecule has 0 radical (unpaired) electrons. The topological polar surface area (TPSA) is 54.1 Å². The number of aromatic amines is 1. The summed E-state index contributed by atoms with van der Waals surface area (Å²) >= 11 is 6.22. The van der Waals surface area contributed by atoms with Crippen LogP contribution in [0.1, 0.15) is 56.3 Å². The molecule has 0 saturated heterocycles. The second-order valence-corrected chi connectivity index (χ2v) is 7.72. The lowest BCUT2D eigenvalue weighted by molar-refractivity contribution is -0.160. The van der Waals surface area contributed by atoms with Gasteiger partial charge >= 0.3 is 5.97 Å². The van der Waals surface area contributed by atoms with Gasteiger partial charge in [-0.1, -0.05) is 30.9 Å². The Bertz CT molecular complexity index is 792. The summed E-state index contributed by atoms with van der Waals surface area (Å²) in [6.07, 6.45) is 6.09. The number of benzene rings is 1. The van der Waals surface area contributed by atoms with Gasteiger partial charge in [0.25, 0.3) is 0 Å². The molecular weight excluding hydrogens is 336 g/mol. The van der Waals surface area contributed by atoms with Crippen molar-refractivity contribution in [3.8, 4) is 0 Å². The normalized spacial score (nSPS) is 22.6. The first-order valence-electron chi connectivity index (χ1n) is 9.36. The molecule has 1 atom stereocenters. The van der Waals surface area contributed by atoms with Crippen LogP contribution in [0.3, 0.4) is 0 Å². The number of carbonyl (C=O) groups excluding carboxylic acids is 1. The Labute approximate surface area is 153 Å². The summed E-state index contributed by atoms with van der Waals surface area (Å²) in [7, 11) is 0. The monoisotopic (exact) mass is 360 g/mol. The fourth-order valence-corrected chi connectivity index (χ4v) is 4.91. The summed E-state index contributed by atoms with van der Waals surface area (Å²) in [5.74, 6) is -0.0447. The molecule has 2 aliphatic rings. The fourth-order valence-electron chi connectivity index (χ4n) is 4.74. The molecule has 1 unspecified atom stereocenters. The highest BCUT2D eigenvalue weighted by atomic mass is 35.5. The second kappa shape index (κ2) is 6.65. The molecule has 1 aliphatic carbocycles. The van der Waals surface area contributed by atoms with Crippen LogP contribution < -0.4 is 5.32 Å². The molecule has 0 amide bonds. The molecule has 4 nitrogen and oxygen atoms in total. The molecule has 0 bridgehead atoms. The SMILES string of the molecule is CCOC(=O)C1(C2NCCc3c2[nH]c2ccc(Cl)cc32)CCCCC1. The summed E-state index contributed by atoms with van der Waals surface area (Å²) < 4.78 is 5.53. The number of carbonyl (C=O) groups is 1. The van der Waals surface area contributed by atoms with Crippen LogP contribution in [0.2, 0.25) is 5.02 Å². The molecule has 25 heavy (non-hydrogen) atoms. The van der Waals surface area contributed by atoms with Gasteiger partial charge in [0.2, 0.25) is 0 Å². The van der Waals surface area contributed by atoms with E-state index in [1.807, 2.05) is 25.1 Å². The zero-order valence-corrected chi connectivity index (χ0v) is 15.4. The molecule has 1 aromatic carbocycles. The molecule has 1 saturated carbocycles. The van der Waals surface area contributed by atoms with E-state index in [-0.39, 0.29) is 12.0 Å². The van der Waals surface area contributed by atoms with E-state index in [0.29, 0.717) is 6.61 Å². The van der Waals surface area contributed by atoms with Gasteiger partial charge in [0, 0.05) is 21.6 Å². The van der Waals surface area contributed by atoms with E-state index in [9.17, 15) is 4.79 Å². The van der Waals surface area contributed by atoms with E-state index >= 15 is 0 Å². The largest absolute Gasteiger partial charge is 0.466 e. The number of fused-ring (bicyclic) bond motifs is 3. The van der Waals surface area contributed by atoms with Crippen LogP contribution in [0.25, 0.3) is 10.9 Å². The molecule has 134 valence electrons. The van der Waals surface area contributed by atoms with E-state index in [2.05, 4.69) is 10.3 Å². The Morgan fingerprint density at radius 2 is 2.12 bits per heavy atom. The number of H-pyrrole nitrogens is 1. The Balaban J connectivity index is 1.82. The Kier molecular flexibility index (Phi) is 4.50. The highest BCUT2D eigenvalue weighted by Crippen LogP contribution is 2.49. The number of ether oxygens (including phenoxy) is 1. The lowest BCUT2D eigenvalue weighted by Crippen LogP contribution is -2.48. The fraction of sp³-hybridized carbons (Fsp3) is 0.550. The number of halogens is 1. The van der Waals surface area contributed by atoms with Crippen molar-refractivity contribution in [1.29, 1.82) is 0 Å². The highest BCUT2D eigenvalue weighted by molar-refractivity contribution is 6.31. The van der Waals surface area contributed by atoms with Crippen molar-refractivity contribution in [1.82, 2.24) is 10.3 Å². The highest BCUT2D eigenvalue weighted by Gasteiger charge is 2.50. The summed E-state index contributed by atoms with van der Waals surface area (Å²) in [6, 6.07) is 5.97. The smallest absolute Gasteiger partial charge is 0.314 e. The number of hydrogen-bond acceptors (Lipinski definition) is 3. The van der Waals surface area contributed by atoms with Crippen molar-refractivity contribution < 1.29 is 9.53 Å². The number of hydrogen-bond donors (Lipinski definition) is 2. The molecular formula is C20H25ClN2O2. The summed E-state index contributed by atoms with van der Waals surface area (Å²) in [4.78, 5) is 16.6. The first-order valence-corrected chi connectivity index (χ1v) is 9.74. The third-order valence-corrected chi connectivity index (χ3v) is 6.13. The molecule has 2 N–H and O–H groups in total. The Hall–Kier alpha value is -1.52. The van der Waals surface area contributed by atoms with E-state index in [1.54, 1.807) is 0 Å². The maximum absolute atomic E-state index is 13.0. The first-order chi connectivity index (χ1) is 12.2. The average Bonchev–Trinajstić information content (AvgIpc) is 3.00. The van der Waals surface area contributed by atoms with Crippen molar-refractivity contribution in [2.24, 2.45) is 5.41 Å². The molecule has 5 heteroatoms. The third kappa shape index (κ3) is 2.76. The van der Waals surface area contributed by atoms with Crippen LogP contribution in [0, 0.1) is 5.41 Å². The summed E-state index contributed by atoms with van der Waals surface area (Å²) in [5.41, 5.74) is 3.08. The molecule has 1 aliphatic heterocycles. The quantitative estimate of drug-likeness (QED) is 0.791. The summed E-state index contributed by atoms with van der Waals surface area (Å²) in [5, 5.41) is 5.57. The predicted molar refractivity (Wildman–Crippen MR) is 99.9 cm³/mol. The number of rotatable bonds is 3. The van der Waals surface area contributed by atoms with Gasteiger partial charge in [0.05, 0.1) is 18.1 Å². The predicted octanol–water partition coefficient (Wildman–Crippen LogP) is 4.52. The lowest BCUT2D eigenvalue weighted by Gasteiger charge is -2.43. The van der Waals surface area contributed by atoms with Crippen LogP contribution in [0.5, 0.6) is 0 Å². The molecule has 4 rings (SSSR count). The van der Waals surface area contributed by atoms with E-state index in [4.69, 9.17) is 16.3 Å². The molecule has 2 heterocycles. The summed E-state index contributed by atoms with van der Waals surface area (Å²) in [6.45, 7) is 3.19. The van der Waals surface area contributed by atoms with Gasteiger partial charge in [-0.05, 0) is 56.5 Å². The van der Waals surface area contributed by atoms with Crippen molar-refractivity contribution in [3.05, 3.63) is 34.5 Å². The van der Waals surface area contributed by atoms with Crippen LogP contribution in [0.15, 0.2) is 18.2 Å². The van der Waals surface area contributed by atoms with Gasteiger partial charge in [-0.2, -0.15) is 0 Å². The van der Waals surface area contributed by atoms with Crippen LogP contribution in [-0.2, 0) is 16.0 Å². The standard InChI is InChI=1S/C20H25ClN2O2/c1-2-25-19(24)20(9-4-3-5-10-20)18-17-14(8-11-22-18)15-12-13(21)6-7-16(15)23-17/h6-7,12,18,22-23H,2-5,8-11H2,1H3. The second-order valence-electron chi connectivity index (χ2n) is 7.28. The Morgan fingerprint density at radius 3 is 2.88 bits per heavy atom. The first kappa shape index (κ1) is 16.9. The number of nitrogens with one attached hydrogen (secondary N) is 2. The van der Waals surface area contributed by atoms with E-state index < -0.39 is 5.41 Å². The van der Waals surface area contributed by atoms with Crippen molar-refractivity contribution in [2.45, 2.75) is 51.5 Å². The molecule has 0 spiro atoms. The van der Waals surface area contributed by atoms with E-state index in [1.165, 1.54) is 17.4 Å². The molecule has 2 aromatic rings. The van der Waals surface area contributed by atoms with E-state index in [0.717, 1.165) is 54.9 Å². The minimum absolute atomic E-state index is 0.0122. The molecule has 1 aromatic heterocycles. The van der Waals surface area contributed by atoms with Gasteiger partial charge in [-0.15, -0.1) is 0 Å². The zero-order valence-electron chi connectivity index (χ0n) is 14.7. The maximum Gasteiger partial charge on any atom is 0.314 e. The Morgan fingerprint density at radius 1 is 1.32 bits per heavy atom. The van der Waals surface area contributed by atoms with Gasteiger partial charge in [-0.25, -0.2) is 0 Å². The van der Waals surface area contributed by atoms with Crippen LogP contribution in [-0.4, -0.2) is 24.1 Å². The van der Waals surface area contributed by atoms with Crippen LogP contribution in [0.4, 0.5) is 0 Å². The van der Waals surface area contributed by atoms with Gasteiger partial charge in [-0.3, -0.25) is 4.79 Å². The third-order valence-electron chi connectivity index (χ3n) is 5.89. The minimum Gasteiger partial charge on any atom is -0.466 e. The maximum atomic E-state index is 13.0. The number of aromatic nitrogens is 1. The van der Waals surface area contributed by atoms with Crippen LogP contribution >= 0.6 is 11.6 Å². The lowest BCUT2D eigenvalue weighted by atomic mass is 9.67. The molecule has 1 fully saturated rings. The van der Waals surface area contributed by atoms with Crippen molar-refractivity contribution in [2.75, 3.05) is 13.2 Å². The van der Waals surface area contributed by atoms with Gasteiger partial charge in [0.1, 0.15) is 0 Å². The average molecular weight is 361 g/mol. The zero-order chi connectivity index (χ0) is 17.4. The van der Waals surface area contributed by atoms with Crippen molar-refractivity contribution >= 4 is 28.5 Å². The van der Waals surface area contributed by atoms with Gasteiger partial charge < -0.3 is 15.0 Å².